The minimum absolute atomic E-state index is 0.0637. The van der Waals surface area contributed by atoms with Crippen LogP contribution in [0.3, 0.4) is 0 Å². The Hall–Kier alpha value is -4.52. The molecule has 1 aromatic carbocycles. The van der Waals surface area contributed by atoms with E-state index in [0.29, 0.717) is 10.9 Å². The van der Waals surface area contributed by atoms with Crippen molar-refractivity contribution in [2.45, 2.75) is 13.1 Å². The number of aromatic amines is 1. The summed E-state index contributed by atoms with van der Waals surface area (Å²) >= 11 is 6.24. The minimum Gasteiger partial charge on any atom is -0.322 e. The van der Waals surface area contributed by atoms with Crippen molar-refractivity contribution in [2.24, 2.45) is 0 Å². The molecule has 4 aromatic heterocycles. The Labute approximate surface area is 204 Å². The number of amides is 1. The van der Waals surface area contributed by atoms with Crippen LogP contribution in [0.1, 0.15) is 21.7 Å². The molecule has 0 saturated heterocycles. The lowest BCUT2D eigenvalue weighted by molar-refractivity contribution is -0.141. The predicted molar refractivity (Wildman–Crippen MR) is 124 cm³/mol. The van der Waals surface area contributed by atoms with Gasteiger partial charge in [0.15, 0.2) is 11.5 Å². The summed E-state index contributed by atoms with van der Waals surface area (Å²) in [6, 6.07) is 8.98. The summed E-state index contributed by atoms with van der Waals surface area (Å²) in [5, 5.41) is 14.4. The van der Waals surface area contributed by atoms with Crippen LogP contribution in [0.5, 0.6) is 0 Å². The van der Waals surface area contributed by atoms with Crippen LogP contribution in [0.4, 0.5) is 18.9 Å². The number of aromatic nitrogens is 7. The van der Waals surface area contributed by atoms with E-state index in [2.05, 4.69) is 30.6 Å². The molecule has 14 heteroatoms. The number of pyridine rings is 2. The van der Waals surface area contributed by atoms with Gasteiger partial charge < -0.3 is 10.3 Å². The number of H-pyrrole nitrogens is 1. The summed E-state index contributed by atoms with van der Waals surface area (Å²) in [6.45, 7) is 1.54. The second-order valence-corrected chi connectivity index (χ2v) is 8.00. The third kappa shape index (κ3) is 4.20. The van der Waals surface area contributed by atoms with Crippen LogP contribution >= 0.6 is 11.6 Å². The zero-order chi connectivity index (χ0) is 25.6. The third-order valence-corrected chi connectivity index (χ3v) is 5.49. The van der Waals surface area contributed by atoms with Crippen LogP contribution in [-0.2, 0) is 6.18 Å². The Balaban J connectivity index is 1.56. The standard InChI is InChI=1S/C22H14ClF3N8O2/c1-11-16(8-14(23)20(29-11)34-27-6-7-28-34)31-21(36)13-10-33(32-19(13)22(24,25)26)17-9-18(35)30-15-5-3-2-4-12(15)17/h2-10H,1H3,(H,30,35)(H,31,36). The lowest BCUT2D eigenvalue weighted by Gasteiger charge is -2.11. The molecule has 10 nitrogen and oxygen atoms in total. The molecular weight excluding hydrogens is 501 g/mol. The molecule has 0 radical (unpaired) electrons. The summed E-state index contributed by atoms with van der Waals surface area (Å²) in [6.07, 6.45) is -1.19. The SMILES string of the molecule is Cc1nc(-n2nccn2)c(Cl)cc1NC(=O)c1cn(-c2cc(=O)[nH]c3ccccc23)nc1C(F)(F)F. The third-order valence-electron chi connectivity index (χ3n) is 5.21. The minimum atomic E-state index is -4.95. The van der Waals surface area contributed by atoms with Gasteiger partial charge in [-0.15, -0.1) is 4.80 Å². The van der Waals surface area contributed by atoms with Crippen LogP contribution in [-0.4, -0.2) is 40.6 Å². The van der Waals surface area contributed by atoms with Crippen LogP contribution in [0.2, 0.25) is 5.02 Å². The highest BCUT2D eigenvalue weighted by atomic mass is 35.5. The number of carbonyl (C=O) groups is 1. The van der Waals surface area contributed by atoms with E-state index in [-0.39, 0.29) is 27.9 Å². The van der Waals surface area contributed by atoms with E-state index < -0.39 is 28.9 Å². The molecule has 0 aliphatic carbocycles. The maximum atomic E-state index is 13.8. The molecule has 0 bridgehead atoms. The molecule has 0 spiro atoms. The number of para-hydroxylation sites is 1. The van der Waals surface area contributed by atoms with Gasteiger partial charge in [0.1, 0.15) is 0 Å². The van der Waals surface area contributed by atoms with Crippen molar-refractivity contribution in [1.29, 1.82) is 0 Å². The van der Waals surface area contributed by atoms with Gasteiger partial charge in [-0.05, 0) is 19.1 Å². The topological polar surface area (TPSA) is 123 Å². The fourth-order valence-corrected chi connectivity index (χ4v) is 3.83. The molecule has 1 amide bonds. The molecule has 0 aliphatic rings. The number of carbonyl (C=O) groups excluding carboxylic acids is 1. The van der Waals surface area contributed by atoms with Crippen LogP contribution in [0.15, 0.2) is 59.8 Å². The van der Waals surface area contributed by atoms with Gasteiger partial charge in [0.25, 0.3) is 11.5 Å². The molecule has 36 heavy (non-hydrogen) atoms. The fraction of sp³-hybridized carbons (Fsp3) is 0.0909. The first-order chi connectivity index (χ1) is 17.1. The van der Waals surface area contributed by atoms with Crippen molar-refractivity contribution in [1.82, 2.24) is 34.7 Å². The summed E-state index contributed by atoms with van der Waals surface area (Å²) < 4.78 is 42.4. The molecule has 0 aliphatic heterocycles. The van der Waals surface area contributed by atoms with E-state index in [1.54, 1.807) is 24.3 Å². The highest BCUT2D eigenvalue weighted by molar-refractivity contribution is 6.32. The van der Waals surface area contributed by atoms with Crippen LogP contribution < -0.4 is 10.9 Å². The van der Waals surface area contributed by atoms with E-state index in [1.165, 1.54) is 30.2 Å². The van der Waals surface area contributed by atoms with Gasteiger partial charge in [0.2, 0.25) is 0 Å². The van der Waals surface area contributed by atoms with Crippen molar-refractivity contribution >= 4 is 34.1 Å². The molecule has 2 N–H and O–H groups in total. The van der Waals surface area contributed by atoms with E-state index >= 15 is 0 Å². The Morgan fingerprint density at radius 2 is 1.86 bits per heavy atom. The van der Waals surface area contributed by atoms with Crippen molar-refractivity contribution in [3.63, 3.8) is 0 Å². The largest absolute Gasteiger partial charge is 0.435 e. The van der Waals surface area contributed by atoms with Gasteiger partial charge in [0.05, 0.1) is 45.6 Å². The number of benzene rings is 1. The number of anilines is 1. The average molecular weight is 515 g/mol. The number of nitrogens with zero attached hydrogens (tertiary/aromatic N) is 6. The number of alkyl halides is 3. The van der Waals surface area contributed by atoms with Crippen LogP contribution in [0.25, 0.3) is 22.4 Å². The van der Waals surface area contributed by atoms with E-state index in [1.807, 2.05) is 0 Å². The van der Waals surface area contributed by atoms with E-state index in [0.717, 1.165) is 16.9 Å². The van der Waals surface area contributed by atoms with E-state index in [9.17, 15) is 22.8 Å². The number of hydrogen-bond donors (Lipinski definition) is 2. The number of halogens is 4. The number of hydrogen-bond acceptors (Lipinski definition) is 6. The summed E-state index contributed by atoms with van der Waals surface area (Å²) in [5.41, 5.74) is -1.88. The normalized spacial score (nSPS) is 11.7. The maximum absolute atomic E-state index is 13.8. The van der Waals surface area contributed by atoms with Crippen molar-refractivity contribution < 1.29 is 18.0 Å². The molecule has 0 saturated carbocycles. The van der Waals surface area contributed by atoms with Gasteiger partial charge in [-0.2, -0.15) is 28.5 Å². The average Bonchev–Trinajstić information content (AvgIpc) is 3.51. The molecule has 5 rings (SSSR count). The van der Waals surface area contributed by atoms with Gasteiger partial charge in [-0.25, -0.2) is 9.67 Å². The Morgan fingerprint density at radius 1 is 1.14 bits per heavy atom. The maximum Gasteiger partial charge on any atom is 0.435 e. The number of rotatable bonds is 4. The zero-order valence-corrected chi connectivity index (χ0v) is 19.0. The van der Waals surface area contributed by atoms with Crippen molar-refractivity contribution in [2.75, 3.05) is 5.32 Å². The van der Waals surface area contributed by atoms with Crippen molar-refractivity contribution in [3.8, 4) is 11.5 Å². The molecular formula is C22H14ClF3N8O2. The Bertz CT molecular complexity index is 1680. The highest BCUT2D eigenvalue weighted by Gasteiger charge is 2.39. The molecule has 5 aromatic rings. The second kappa shape index (κ2) is 8.61. The first-order valence-corrected chi connectivity index (χ1v) is 10.6. The number of fused-ring (bicyclic) bond motifs is 1. The van der Waals surface area contributed by atoms with Gasteiger partial charge in [-0.1, -0.05) is 29.8 Å². The predicted octanol–water partition coefficient (Wildman–Crippen LogP) is 3.92. The first kappa shape index (κ1) is 23.2. The smallest absolute Gasteiger partial charge is 0.322 e. The number of aryl methyl sites for hydroxylation is 1. The zero-order valence-electron chi connectivity index (χ0n) is 18.2. The van der Waals surface area contributed by atoms with Crippen molar-refractivity contribution in [3.05, 3.63) is 87.3 Å². The van der Waals surface area contributed by atoms with Gasteiger partial charge in [-0.3, -0.25) is 9.59 Å². The Kier molecular flexibility index (Phi) is 5.55. The van der Waals surface area contributed by atoms with Crippen LogP contribution in [0, 0.1) is 6.92 Å². The second-order valence-electron chi connectivity index (χ2n) is 7.60. The molecule has 4 heterocycles. The summed E-state index contributed by atoms with van der Waals surface area (Å²) in [5.74, 6) is -0.907. The number of nitrogens with one attached hydrogen (secondary N) is 2. The summed E-state index contributed by atoms with van der Waals surface area (Å²) in [7, 11) is 0. The van der Waals surface area contributed by atoms with Gasteiger partial charge in [0, 0.05) is 17.6 Å². The fourth-order valence-electron chi connectivity index (χ4n) is 3.60. The lowest BCUT2D eigenvalue weighted by atomic mass is 10.2. The van der Waals surface area contributed by atoms with E-state index in [4.69, 9.17) is 11.6 Å². The first-order valence-electron chi connectivity index (χ1n) is 10.3. The Morgan fingerprint density at radius 3 is 2.58 bits per heavy atom. The molecule has 182 valence electrons. The monoisotopic (exact) mass is 514 g/mol. The summed E-state index contributed by atoms with van der Waals surface area (Å²) in [4.78, 5) is 33.1. The molecule has 0 atom stereocenters. The highest BCUT2D eigenvalue weighted by Crippen LogP contribution is 2.33. The quantitative estimate of drug-likeness (QED) is 0.375. The lowest BCUT2D eigenvalue weighted by Crippen LogP contribution is -2.19. The molecule has 0 fully saturated rings. The molecule has 0 unspecified atom stereocenters. The van der Waals surface area contributed by atoms with Gasteiger partial charge >= 0.3 is 6.18 Å².